The molecule has 0 aliphatic carbocycles. The first-order chi connectivity index (χ1) is 8.99. The van der Waals surface area contributed by atoms with Gasteiger partial charge in [-0.05, 0) is 51.6 Å². The van der Waals surface area contributed by atoms with Crippen molar-refractivity contribution in [3.8, 4) is 0 Å². The molecule has 4 heteroatoms. The number of hydrogen-bond donors (Lipinski definition) is 0. The molecule has 1 aromatic rings. The van der Waals surface area contributed by atoms with E-state index in [1.165, 1.54) is 6.07 Å². The molecule has 0 unspecified atom stereocenters. The van der Waals surface area contributed by atoms with Crippen molar-refractivity contribution in [3.05, 3.63) is 35.1 Å². The summed E-state index contributed by atoms with van der Waals surface area (Å²) in [5.41, 5.74) is 1.02. The molecule has 0 N–H and O–H groups in total. The smallest absolute Gasteiger partial charge is 0.253 e. The van der Waals surface area contributed by atoms with E-state index in [2.05, 4.69) is 19.0 Å². The van der Waals surface area contributed by atoms with E-state index in [0.717, 1.165) is 25.9 Å². The molecule has 104 valence electrons. The van der Waals surface area contributed by atoms with Gasteiger partial charge in [-0.25, -0.2) is 4.39 Å². The van der Waals surface area contributed by atoms with Gasteiger partial charge in [-0.2, -0.15) is 0 Å². The van der Waals surface area contributed by atoms with E-state index in [1.54, 1.807) is 19.1 Å². The van der Waals surface area contributed by atoms with Crippen molar-refractivity contribution in [1.29, 1.82) is 0 Å². The minimum atomic E-state index is -0.311. The molecule has 1 saturated heterocycles. The van der Waals surface area contributed by atoms with Gasteiger partial charge in [0.15, 0.2) is 0 Å². The molecule has 1 heterocycles. The summed E-state index contributed by atoms with van der Waals surface area (Å²) < 4.78 is 13.5. The Morgan fingerprint density at radius 2 is 1.95 bits per heavy atom. The molecule has 0 atom stereocenters. The van der Waals surface area contributed by atoms with Crippen LogP contribution in [0.2, 0.25) is 0 Å². The standard InChI is InChI=1S/C15H21FN2O/c1-11-4-5-12(10-14(11)16)15(19)18-8-6-13(7-9-18)17(2)3/h4-5,10,13H,6-9H2,1-3H3. The average Bonchev–Trinajstić information content (AvgIpc) is 2.41. The summed E-state index contributed by atoms with van der Waals surface area (Å²) in [6.07, 6.45) is 1.96. The van der Waals surface area contributed by atoms with Gasteiger partial charge in [0.1, 0.15) is 5.82 Å². The lowest BCUT2D eigenvalue weighted by Crippen LogP contribution is -2.44. The van der Waals surface area contributed by atoms with Crippen LogP contribution in [0.1, 0.15) is 28.8 Å². The van der Waals surface area contributed by atoms with Crippen LogP contribution in [0.4, 0.5) is 4.39 Å². The molecular weight excluding hydrogens is 243 g/mol. The largest absolute Gasteiger partial charge is 0.339 e. The SMILES string of the molecule is Cc1ccc(C(=O)N2CCC(N(C)C)CC2)cc1F. The lowest BCUT2D eigenvalue weighted by atomic mass is 10.0. The molecule has 2 rings (SSSR count). The Morgan fingerprint density at radius 3 is 2.47 bits per heavy atom. The van der Waals surface area contributed by atoms with Crippen molar-refractivity contribution in [2.75, 3.05) is 27.2 Å². The van der Waals surface area contributed by atoms with E-state index in [9.17, 15) is 9.18 Å². The Bertz CT molecular complexity index is 465. The van der Waals surface area contributed by atoms with Gasteiger partial charge in [-0.3, -0.25) is 4.79 Å². The van der Waals surface area contributed by atoms with Crippen LogP contribution in [-0.2, 0) is 0 Å². The Balaban J connectivity index is 2.03. The molecular formula is C15H21FN2O. The van der Waals surface area contributed by atoms with Crippen molar-refractivity contribution in [1.82, 2.24) is 9.80 Å². The number of benzene rings is 1. The lowest BCUT2D eigenvalue weighted by molar-refractivity contribution is 0.0663. The maximum Gasteiger partial charge on any atom is 0.253 e. The number of carbonyl (C=O) groups excluding carboxylic acids is 1. The number of aryl methyl sites for hydroxylation is 1. The van der Waals surface area contributed by atoms with Crippen LogP contribution in [0.25, 0.3) is 0 Å². The van der Waals surface area contributed by atoms with Crippen molar-refractivity contribution >= 4 is 5.91 Å². The third kappa shape index (κ3) is 3.13. The highest BCUT2D eigenvalue weighted by molar-refractivity contribution is 5.94. The van der Waals surface area contributed by atoms with Gasteiger partial charge in [0.2, 0.25) is 0 Å². The van der Waals surface area contributed by atoms with Crippen LogP contribution in [0.3, 0.4) is 0 Å². The normalized spacial score (nSPS) is 17.0. The monoisotopic (exact) mass is 264 g/mol. The lowest BCUT2D eigenvalue weighted by Gasteiger charge is -2.35. The third-order valence-corrected chi connectivity index (χ3v) is 3.90. The second-order valence-corrected chi connectivity index (χ2v) is 5.45. The molecule has 3 nitrogen and oxygen atoms in total. The fourth-order valence-electron chi connectivity index (χ4n) is 2.49. The Hall–Kier alpha value is -1.42. The first-order valence-corrected chi connectivity index (χ1v) is 6.71. The van der Waals surface area contributed by atoms with Crippen LogP contribution in [0, 0.1) is 12.7 Å². The van der Waals surface area contributed by atoms with E-state index < -0.39 is 0 Å². The van der Waals surface area contributed by atoms with Crippen LogP contribution in [0.5, 0.6) is 0 Å². The molecule has 19 heavy (non-hydrogen) atoms. The van der Waals surface area contributed by atoms with Gasteiger partial charge in [0.05, 0.1) is 0 Å². The highest BCUT2D eigenvalue weighted by Gasteiger charge is 2.24. The Kier molecular flexibility index (Phi) is 4.20. The summed E-state index contributed by atoms with van der Waals surface area (Å²) in [6.45, 7) is 3.19. The van der Waals surface area contributed by atoms with Crippen LogP contribution in [-0.4, -0.2) is 48.9 Å². The number of piperidine rings is 1. The van der Waals surface area contributed by atoms with Gasteiger partial charge in [-0.15, -0.1) is 0 Å². The predicted molar refractivity (Wildman–Crippen MR) is 73.7 cm³/mol. The summed E-state index contributed by atoms with van der Waals surface area (Å²) in [5.74, 6) is -0.370. The minimum absolute atomic E-state index is 0.0592. The van der Waals surface area contributed by atoms with Crippen LogP contribution >= 0.6 is 0 Å². The zero-order valence-electron chi connectivity index (χ0n) is 11.8. The second kappa shape index (κ2) is 5.70. The minimum Gasteiger partial charge on any atom is -0.339 e. The summed E-state index contributed by atoms with van der Waals surface area (Å²) in [4.78, 5) is 16.3. The van der Waals surface area contributed by atoms with Crippen LogP contribution in [0.15, 0.2) is 18.2 Å². The maximum absolute atomic E-state index is 13.5. The predicted octanol–water partition coefficient (Wildman–Crippen LogP) is 2.30. The first-order valence-electron chi connectivity index (χ1n) is 6.71. The summed E-state index contributed by atoms with van der Waals surface area (Å²) >= 11 is 0. The van der Waals surface area contributed by atoms with Gasteiger partial charge >= 0.3 is 0 Å². The van der Waals surface area contributed by atoms with Gasteiger partial charge < -0.3 is 9.80 Å². The molecule has 1 fully saturated rings. The maximum atomic E-state index is 13.5. The second-order valence-electron chi connectivity index (χ2n) is 5.45. The van der Waals surface area contributed by atoms with Gasteiger partial charge in [0, 0.05) is 24.7 Å². The quantitative estimate of drug-likeness (QED) is 0.818. The van der Waals surface area contributed by atoms with E-state index in [-0.39, 0.29) is 11.7 Å². The molecule has 1 amide bonds. The van der Waals surface area contributed by atoms with E-state index in [0.29, 0.717) is 17.2 Å². The molecule has 1 aliphatic rings. The number of likely N-dealkylation sites (tertiary alicyclic amines) is 1. The highest BCUT2D eigenvalue weighted by Crippen LogP contribution is 2.18. The number of amides is 1. The fourth-order valence-corrected chi connectivity index (χ4v) is 2.49. The topological polar surface area (TPSA) is 23.6 Å². The molecule has 0 bridgehead atoms. The van der Waals surface area contributed by atoms with E-state index >= 15 is 0 Å². The Morgan fingerprint density at radius 1 is 1.32 bits per heavy atom. The summed E-state index contributed by atoms with van der Waals surface area (Å²) in [5, 5.41) is 0. The zero-order valence-corrected chi connectivity index (χ0v) is 11.8. The average molecular weight is 264 g/mol. The van der Waals surface area contributed by atoms with Gasteiger partial charge in [-0.1, -0.05) is 6.07 Å². The molecule has 0 spiro atoms. The first kappa shape index (κ1) is 14.0. The van der Waals surface area contributed by atoms with Crippen molar-refractivity contribution in [2.24, 2.45) is 0 Å². The molecule has 0 aromatic heterocycles. The van der Waals surface area contributed by atoms with E-state index in [1.807, 2.05) is 4.90 Å². The molecule has 1 aromatic carbocycles. The fraction of sp³-hybridized carbons (Fsp3) is 0.533. The summed E-state index contributed by atoms with van der Waals surface area (Å²) in [7, 11) is 4.13. The van der Waals surface area contributed by atoms with E-state index in [4.69, 9.17) is 0 Å². The van der Waals surface area contributed by atoms with Gasteiger partial charge in [0.25, 0.3) is 5.91 Å². The van der Waals surface area contributed by atoms with Crippen molar-refractivity contribution in [3.63, 3.8) is 0 Å². The number of carbonyl (C=O) groups is 1. The molecule has 0 saturated carbocycles. The number of rotatable bonds is 2. The number of halogens is 1. The molecule has 1 aliphatic heterocycles. The zero-order chi connectivity index (χ0) is 14.0. The van der Waals surface area contributed by atoms with Crippen LogP contribution < -0.4 is 0 Å². The number of hydrogen-bond acceptors (Lipinski definition) is 2. The number of nitrogens with zero attached hydrogens (tertiary/aromatic N) is 2. The highest BCUT2D eigenvalue weighted by atomic mass is 19.1. The van der Waals surface area contributed by atoms with Crippen molar-refractivity contribution < 1.29 is 9.18 Å². The molecule has 0 radical (unpaired) electrons. The third-order valence-electron chi connectivity index (χ3n) is 3.90. The Labute approximate surface area is 114 Å². The summed E-state index contributed by atoms with van der Waals surface area (Å²) in [6, 6.07) is 5.25. The van der Waals surface area contributed by atoms with Crippen molar-refractivity contribution in [2.45, 2.75) is 25.8 Å².